The minimum Gasteiger partial charge on any atom is -0.478 e. The van der Waals surface area contributed by atoms with Gasteiger partial charge in [0.2, 0.25) is 0 Å². The number of hydrogen-bond donors (Lipinski definition) is 2. The number of carboxylic acids is 1. The summed E-state index contributed by atoms with van der Waals surface area (Å²) in [6, 6.07) is 3.11. The molecule has 0 aliphatic carbocycles. The lowest BCUT2D eigenvalue weighted by atomic mass is 10.1. The van der Waals surface area contributed by atoms with Crippen molar-refractivity contribution in [3.05, 3.63) is 35.7 Å². The number of aliphatic carboxylic acids is 1. The smallest absolute Gasteiger partial charge is 0.328 e. The van der Waals surface area contributed by atoms with Crippen molar-refractivity contribution < 1.29 is 18.9 Å². The maximum Gasteiger partial charge on any atom is 0.328 e. The summed E-state index contributed by atoms with van der Waals surface area (Å²) < 4.78 is 11.0. The summed E-state index contributed by atoms with van der Waals surface area (Å²) in [4.78, 5) is 26.7. The van der Waals surface area contributed by atoms with Crippen LogP contribution in [0.3, 0.4) is 0 Å². The average Bonchev–Trinajstić information content (AvgIpc) is 2.43. The first-order valence-electron chi connectivity index (χ1n) is 6.37. The highest BCUT2D eigenvalue weighted by molar-refractivity contribution is 7.84. The summed E-state index contributed by atoms with van der Waals surface area (Å²) in [5.41, 5.74) is 0.600. The molecule has 0 bridgehead atoms. The first-order chi connectivity index (χ1) is 9.90. The molecule has 0 fully saturated rings. The Morgan fingerprint density at radius 2 is 2.24 bits per heavy atom. The first kappa shape index (κ1) is 17.0. The zero-order valence-corrected chi connectivity index (χ0v) is 12.7. The quantitative estimate of drug-likeness (QED) is 0.734. The van der Waals surface area contributed by atoms with Gasteiger partial charge in [0.15, 0.2) is 0 Å². The maximum absolute atomic E-state index is 12.1. The van der Waals surface area contributed by atoms with Crippen LogP contribution in [-0.2, 0) is 15.6 Å². The Morgan fingerprint density at radius 1 is 1.52 bits per heavy atom. The largest absolute Gasteiger partial charge is 0.478 e. The summed E-state index contributed by atoms with van der Waals surface area (Å²) in [7, 11) is -0.902. The van der Waals surface area contributed by atoms with E-state index in [0.29, 0.717) is 17.7 Å². The number of nitrogens with one attached hydrogen (secondary N) is 1. The molecule has 7 heteroatoms. The highest BCUT2D eigenvalue weighted by Gasteiger charge is 2.14. The van der Waals surface area contributed by atoms with E-state index >= 15 is 0 Å². The lowest BCUT2D eigenvalue weighted by molar-refractivity contribution is -0.131. The molecule has 1 aromatic rings. The van der Waals surface area contributed by atoms with E-state index < -0.39 is 16.8 Å². The van der Waals surface area contributed by atoms with Gasteiger partial charge in [0, 0.05) is 46.7 Å². The SMILES string of the molecule is CC(CCS(C)=O)NC(=O)c1ncccc1/C=C/C(=O)O. The van der Waals surface area contributed by atoms with Gasteiger partial charge in [-0.1, -0.05) is 6.07 Å². The molecule has 0 aliphatic heterocycles. The molecule has 1 heterocycles. The second-order valence-electron chi connectivity index (χ2n) is 4.55. The minimum atomic E-state index is -1.09. The number of carboxylic acid groups (broad SMARTS) is 1. The number of carbonyl (C=O) groups excluding carboxylic acids is 1. The Hall–Kier alpha value is -2.02. The number of nitrogens with zero attached hydrogens (tertiary/aromatic N) is 1. The molecule has 2 N–H and O–H groups in total. The Bertz CT molecular complexity index is 572. The molecule has 1 aromatic heterocycles. The van der Waals surface area contributed by atoms with E-state index in [2.05, 4.69) is 10.3 Å². The van der Waals surface area contributed by atoms with Gasteiger partial charge in [-0.25, -0.2) is 4.79 Å². The Labute approximate surface area is 125 Å². The molecule has 0 radical (unpaired) electrons. The zero-order chi connectivity index (χ0) is 15.8. The van der Waals surface area contributed by atoms with Crippen LogP contribution in [0.15, 0.2) is 24.4 Å². The second-order valence-corrected chi connectivity index (χ2v) is 6.11. The molecular formula is C14H18N2O4S. The number of aromatic nitrogens is 1. The van der Waals surface area contributed by atoms with Crippen LogP contribution < -0.4 is 5.32 Å². The highest BCUT2D eigenvalue weighted by Crippen LogP contribution is 2.08. The van der Waals surface area contributed by atoms with Gasteiger partial charge in [-0.3, -0.25) is 14.0 Å². The van der Waals surface area contributed by atoms with Gasteiger partial charge in [0.1, 0.15) is 5.69 Å². The fourth-order valence-electron chi connectivity index (χ4n) is 1.61. The second kappa shape index (κ2) is 8.31. The third kappa shape index (κ3) is 6.31. The van der Waals surface area contributed by atoms with Crippen LogP contribution in [0.1, 0.15) is 29.4 Å². The molecule has 2 unspecified atom stereocenters. The van der Waals surface area contributed by atoms with E-state index in [0.717, 1.165) is 6.08 Å². The van der Waals surface area contributed by atoms with Crippen molar-refractivity contribution in [1.82, 2.24) is 10.3 Å². The summed E-state index contributed by atoms with van der Waals surface area (Å²) in [5.74, 6) is -0.964. The van der Waals surface area contributed by atoms with Crippen LogP contribution in [0, 0.1) is 0 Å². The lowest BCUT2D eigenvalue weighted by Gasteiger charge is -2.13. The standard InChI is InChI=1S/C14H18N2O4S/c1-10(7-9-21(2)20)16-14(19)13-11(4-3-8-15-13)5-6-12(17)18/h3-6,8,10H,7,9H2,1-2H3,(H,16,19)(H,17,18)/b6-5+. The van der Waals surface area contributed by atoms with Gasteiger partial charge in [-0.15, -0.1) is 0 Å². The molecule has 1 amide bonds. The molecule has 2 atom stereocenters. The van der Waals surface area contributed by atoms with Gasteiger partial charge < -0.3 is 10.4 Å². The Balaban J connectivity index is 2.78. The third-order valence-electron chi connectivity index (χ3n) is 2.68. The van der Waals surface area contributed by atoms with E-state index in [4.69, 9.17) is 5.11 Å². The monoisotopic (exact) mass is 310 g/mol. The third-order valence-corrected chi connectivity index (χ3v) is 3.49. The molecule has 114 valence electrons. The van der Waals surface area contributed by atoms with Crippen LogP contribution in [0.25, 0.3) is 6.08 Å². The summed E-state index contributed by atoms with van der Waals surface area (Å²) in [5, 5.41) is 11.4. The maximum atomic E-state index is 12.1. The van der Waals surface area contributed by atoms with Gasteiger partial charge in [-0.2, -0.15) is 0 Å². The van der Waals surface area contributed by atoms with Crippen molar-refractivity contribution in [2.24, 2.45) is 0 Å². The molecular weight excluding hydrogens is 292 g/mol. The van der Waals surface area contributed by atoms with Crippen LogP contribution in [0.5, 0.6) is 0 Å². The van der Waals surface area contributed by atoms with Crippen molar-refractivity contribution in [2.75, 3.05) is 12.0 Å². The number of carbonyl (C=O) groups is 2. The van der Waals surface area contributed by atoms with Crippen LogP contribution in [-0.4, -0.2) is 44.2 Å². The predicted octanol–water partition coefficient (Wildman–Crippen LogP) is 1.07. The molecule has 6 nitrogen and oxygen atoms in total. The molecule has 1 rings (SSSR count). The summed E-state index contributed by atoms with van der Waals surface area (Å²) in [6.07, 6.45) is 5.97. The molecule has 0 saturated carbocycles. The Morgan fingerprint density at radius 3 is 2.86 bits per heavy atom. The predicted molar refractivity (Wildman–Crippen MR) is 81.4 cm³/mol. The number of pyridine rings is 1. The molecule has 0 spiro atoms. The number of rotatable bonds is 7. The highest BCUT2D eigenvalue weighted by atomic mass is 32.2. The van der Waals surface area contributed by atoms with Gasteiger partial charge in [0.25, 0.3) is 5.91 Å². The van der Waals surface area contributed by atoms with E-state index in [1.54, 1.807) is 18.4 Å². The van der Waals surface area contributed by atoms with Crippen LogP contribution >= 0.6 is 0 Å². The first-order valence-corrected chi connectivity index (χ1v) is 8.09. The fraction of sp³-hybridized carbons (Fsp3) is 0.357. The topological polar surface area (TPSA) is 96.4 Å². The van der Waals surface area contributed by atoms with Crippen molar-refractivity contribution in [3.63, 3.8) is 0 Å². The zero-order valence-electron chi connectivity index (χ0n) is 11.9. The van der Waals surface area contributed by atoms with E-state index in [-0.39, 0.29) is 17.6 Å². The van der Waals surface area contributed by atoms with Gasteiger partial charge in [-0.05, 0) is 25.5 Å². The normalized spacial score (nSPS) is 13.8. The van der Waals surface area contributed by atoms with E-state index in [9.17, 15) is 13.8 Å². The molecule has 0 saturated heterocycles. The fourth-order valence-corrected chi connectivity index (χ4v) is 2.30. The van der Waals surface area contributed by atoms with Crippen molar-refractivity contribution in [3.8, 4) is 0 Å². The number of hydrogen-bond acceptors (Lipinski definition) is 4. The van der Waals surface area contributed by atoms with Crippen molar-refractivity contribution in [2.45, 2.75) is 19.4 Å². The average molecular weight is 310 g/mol. The van der Waals surface area contributed by atoms with Crippen LogP contribution in [0.4, 0.5) is 0 Å². The lowest BCUT2D eigenvalue weighted by Crippen LogP contribution is -2.34. The van der Waals surface area contributed by atoms with E-state index in [1.165, 1.54) is 12.3 Å². The van der Waals surface area contributed by atoms with Crippen molar-refractivity contribution >= 4 is 28.8 Å². The van der Waals surface area contributed by atoms with Crippen LogP contribution in [0.2, 0.25) is 0 Å². The molecule has 0 aliphatic rings. The Kier molecular flexibility index (Phi) is 6.74. The summed E-state index contributed by atoms with van der Waals surface area (Å²) in [6.45, 7) is 1.82. The van der Waals surface area contributed by atoms with E-state index in [1.807, 2.05) is 6.92 Å². The number of amides is 1. The summed E-state index contributed by atoms with van der Waals surface area (Å²) >= 11 is 0. The van der Waals surface area contributed by atoms with Gasteiger partial charge in [0.05, 0.1) is 0 Å². The molecule has 21 heavy (non-hydrogen) atoms. The minimum absolute atomic E-state index is 0.139. The van der Waals surface area contributed by atoms with Gasteiger partial charge >= 0.3 is 5.97 Å². The van der Waals surface area contributed by atoms with Crippen molar-refractivity contribution in [1.29, 1.82) is 0 Å². The molecule has 0 aromatic carbocycles.